The minimum Gasteiger partial charge on any atom is -0.497 e. The number of sulfonamides is 1. The molecule has 3 aromatic rings. The Bertz CT molecular complexity index is 1350. The van der Waals surface area contributed by atoms with Crippen molar-refractivity contribution in [1.29, 1.82) is 0 Å². The molecule has 0 aliphatic carbocycles. The summed E-state index contributed by atoms with van der Waals surface area (Å²) in [6.45, 7) is 3.87. The van der Waals surface area contributed by atoms with Gasteiger partial charge < -0.3 is 15.0 Å². The van der Waals surface area contributed by atoms with Gasteiger partial charge in [-0.1, -0.05) is 60.1 Å². The fourth-order valence-electron chi connectivity index (χ4n) is 4.11. The molecular weight excluding hydrogens is 582 g/mol. The van der Waals surface area contributed by atoms with Crippen molar-refractivity contribution in [3.8, 4) is 5.75 Å². The Morgan fingerprint density at radius 2 is 1.67 bits per heavy atom. The van der Waals surface area contributed by atoms with Gasteiger partial charge in [0.05, 0.1) is 17.7 Å². The van der Waals surface area contributed by atoms with Crippen LogP contribution in [0.4, 0.5) is 5.69 Å². The van der Waals surface area contributed by atoms with Gasteiger partial charge in [0, 0.05) is 17.6 Å². The molecule has 0 bridgehead atoms. The largest absolute Gasteiger partial charge is 0.497 e. The number of nitrogens with one attached hydrogen (secondary N) is 1. The lowest BCUT2D eigenvalue weighted by molar-refractivity contribution is -0.140. The van der Waals surface area contributed by atoms with Crippen LogP contribution >= 0.6 is 15.9 Å². The fraction of sp³-hybridized carbons (Fsp3) is 0.310. The molecule has 0 heterocycles. The molecule has 0 spiro atoms. The lowest BCUT2D eigenvalue weighted by Crippen LogP contribution is -2.52. The highest BCUT2D eigenvalue weighted by atomic mass is 79.9. The number of anilines is 1. The molecule has 1 atom stereocenters. The molecule has 208 valence electrons. The number of halogens is 1. The zero-order valence-electron chi connectivity index (χ0n) is 22.3. The molecule has 3 rings (SSSR count). The summed E-state index contributed by atoms with van der Waals surface area (Å²) in [7, 11) is -2.54. The predicted octanol–water partition coefficient (Wildman–Crippen LogP) is 4.99. The highest BCUT2D eigenvalue weighted by molar-refractivity contribution is 9.10. The van der Waals surface area contributed by atoms with E-state index in [-0.39, 0.29) is 17.3 Å². The lowest BCUT2D eigenvalue weighted by Gasteiger charge is -2.33. The van der Waals surface area contributed by atoms with Crippen LogP contribution in [0.1, 0.15) is 32.3 Å². The van der Waals surface area contributed by atoms with E-state index in [0.29, 0.717) is 24.4 Å². The highest BCUT2D eigenvalue weighted by Crippen LogP contribution is 2.26. The number of nitrogens with zero attached hydrogens (tertiary/aromatic N) is 2. The summed E-state index contributed by atoms with van der Waals surface area (Å²) in [5, 5.41) is 2.88. The second kappa shape index (κ2) is 14.1. The highest BCUT2D eigenvalue weighted by Gasteiger charge is 2.33. The van der Waals surface area contributed by atoms with Crippen LogP contribution in [0.15, 0.2) is 88.2 Å². The minimum absolute atomic E-state index is 0.0628. The molecule has 0 saturated carbocycles. The van der Waals surface area contributed by atoms with Gasteiger partial charge in [-0.25, -0.2) is 8.42 Å². The van der Waals surface area contributed by atoms with E-state index >= 15 is 0 Å². The van der Waals surface area contributed by atoms with Crippen LogP contribution < -0.4 is 14.4 Å². The molecule has 39 heavy (non-hydrogen) atoms. The standard InChI is InChI=1S/C29H34BrN3O5S/c1-4-18-31-29(35)27(5-2)32(20-22-10-9-11-25(19-22)38-3)28(34)21-33(24-16-14-23(30)15-17-24)39(36,37)26-12-7-6-8-13-26/h6-17,19,27H,4-5,18,20-21H2,1-3H3,(H,31,35). The summed E-state index contributed by atoms with van der Waals surface area (Å²) in [6.07, 6.45) is 1.10. The Morgan fingerprint density at radius 1 is 0.974 bits per heavy atom. The van der Waals surface area contributed by atoms with E-state index in [1.807, 2.05) is 26.0 Å². The number of benzene rings is 3. The predicted molar refractivity (Wildman–Crippen MR) is 156 cm³/mol. The molecule has 2 amide bonds. The molecule has 1 N–H and O–H groups in total. The van der Waals surface area contributed by atoms with Crippen molar-refractivity contribution in [2.45, 2.75) is 44.2 Å². The molecule has 1 unspecified atom stereocenters. The fourth-order valence-corrected chi connectivity index (χ4v) is 5.81. The van der Waals surface area contributed by atoms with Gasteiger partial charge in [-0.05, 0) is 66.9 Å². The van der Waals surface area contributed by atoms with Gasteiger partial charge in [0.2, 0.25) is 11.8 Å². The zero-order valence-corrected chi connectivity index (χ0v) is 24.7. The third-order valence-electron chi connectivity index (χ3n) is 6.15. The Hall–Kier alpha value is -3.37. The Labute approximate surface area is 239 Å². The van der Waals surface area contributed by atoms with Crippen molar-refractivity contribution < 1.29 is 22.7 Å². The first-order valence-electron chi connectivity index (χ1n) is 12.7. The van der Waals surface area contributed by atoms with Gasteiger partial charge >= 0.3 is 0 Å². The van der Waals surface area contributed by atoms with Crippen LogP contribution in [-0.2, 0) is 26.2 Å². The topological polar surface area (TPSA) is 96.0 Å². The van der Waals surface area contributed by atoms with E-state index in [1.54, 1.807) is 61.7 Å². The average Bonchev–Trinajstić information content (AvgIpc) is 2.95. The van der Waals surface area contributed by atoms with Crippen LogP contribution in [0.5, 0.6) is 5.75 Å². The van der Waals surface area contributed by atoms with Crippen LogP contribution in [-0.4, -0.2) is 51.4 Å². The molecule has 0 radical (unpaired) electrons. The van der Waals surface area contributed by atoms with E-state index in [1.165, 1.54) is 17.0 Å². The summed E-state index contributed by atoms with van der Waals surface area (Å²) in [5.74, 6) is -0.165. The van der Waals surface area contributed by atoms with E-state index in [2.05, 4.69) is 21.2 Å². The van der Waals surface area contributed by atoms with Gasteiger partial charge in [0.25, 0.3) is 10.0 Å². The second-order valence-electron chi connectivity index (χ2n) is 8.89. The molecule has 0 aliphatic heterocycles. The van der Waals surface area contributed by atoms with Crippen molar-refractivity contribution in [2.24, 2.45) is 0 Å². The summed E-state index contributed by atoms with van der Waals surface area (Å²) in [5.41, 5.74) is 1.09. The monoisotopic (exact) mass is 615 g/mol. The SMILES string of the molecule is CCCNC(=O)C(CC)N(Cc1cccc(OC)c1)C(=O)CN(c1ccc(Br)cc1)S(=O)(=O)c1ccccc1. The van der Waals surface area contributed by atoms with Crippen LogP contribution in [0.25, 0.3) is 0 Å². The van der Waals surface area contributed by atoms with E-state index < -0.39 is 28.5 Å². The van der Waals surface area contributed by atoms with Gasteiger partial charge in [-0.2, -0.15) is 0 Å². The second-order valence-corrected chi connectivity index (χ2v) is 11.7. The number of hydrogen-bond acceptors (Lipinski definition) is 5. The van der Waals surface area contributed by atoms with Crippen molar-refractivity contribution >= 4 is 43.5 Å². The molecule has 0 aliphatic rings. The third-order valence-corrected chi connectivity index (χ3v) is 8.46. The molecule has 10 heteroatoms. The third kappa shape index (κ3) is 7.83. The van der Waals surface area contributed by atoms with E-state index in [4.69, 9.17) is 4.74 Å². The first-order valence-corrected chi connectivity index (χ1v) is 15.0. The molecule has 8 nitrogen and oxygen atoms in total. The van der Waals surface area contributed by atoms with Crippen molar-refractivity contribution in [3.05, 3.63) is 88.9 Å². The van der Waals surface area contributed by atoms with Crippen LogP contribution in [0, 0.1) is 0 Å². The number of carbonyl (C=O) groups excluding carboxylic acids is 2. The van der Waals surface area contributed by atoms with Crippen molar-refractivity contribution in [1.82, 2.24) is 10.2 Å². The zero-order chi connectivity index (χ0) is 28.4. The maximum atomic E-state index is 14.0. The van der Waals surface area contributed by atoms with Gasteiger partial charge in [-0.15, -0.1) is 0 Å². The number of amides is 2. The Balaban J connectivity index is 2.04. The quantitative estimate of drug-likeness (QED) is 0.292. The van der Waals surface area contributed by atoms with E-state index in [9.17, 15) is 18.0 Å². The Kier molecular flexibility index (Phi) is 10.9. The number of hydrogen-bond donors (Lipinski definition) is 1. The van der Waals surface area contributed by atoms with Crippen molar-refractivity contribution in [2.75, 3.05) is 24.5 Å². The number of ether oxygens (including phenoxy) is 1. The average molecular weight is 617 g/mol. The molecule has 3 aromatic carbocycles. The molecule has 0 fully saturated rings. The Morgan fingerprint density at radius 3 is 2.28 bits per heavy atom. The summed E-state index contributed by atoms with van der Waals surface area (Å²) >= 11 is 3.38. The molecular formula is C29H34BrN3O5S. The van der Waals surface area contributed by atoms with Gasteiger partial charge in [-0.3, -0.25) is 13.9 Å². The number of carbonyl (C=O) groups is 2. The lowest BCUT2D eigenvalue weighted by atomic mass is 10.1. The van der Waals surface area contributed by atoms with Gasteiger partial charge in [0.15, 0.2) is 0 Å². The maximum absolute atomic E-state index is 14.0. The maximum Gasteiger partial charge on any atom is 0.264 e. The van der Waals surface area contributed by atoms with E-state index in [0.717, 1.165) is 20.8 Å². The van der Waals surface area contributed by atoms with Crippen LogP contribution in [0.3, 0.4) is 0 Å². The number of methoxy groups -OCH3 is 1. The summed E-state index contributed by atoms with van der Waals surface area (Å²) in [4.78, 5) is 28.7. The van der Waals surface area contributed by atoms with Crippen molar-refractivity contribution in [3.63, 3.8) is 0 Å². The first kappa shape index (κ1) is 30.2. The summed E-state index contributed by atoms with van der Waals surface area (Å²) < 4.78 is 34.8. The smallest absolute Gasteiger partial charge is 0.264 e. The van der Waals surface area contributed by atoms with Crippen LogP contribution in [0.2, 0.25) is 0 Å². The first-order chi connectivity index (χ1) is 18.7. The van der Waals surface area contributed by atoms with Gasteiger partial charge in [0.1, 0.15) is 18.3 Å². The normalized spacial score (nSPS) is 11.9. The number of rotatable bonds is 13. The summed E-state index contributed by atoms with van der Waals surface area (Å²) in [6, 6.07) is 21.1. The molecule has 0 aromatic heterocycles. The minimum atomic E-state index is -4.10. The molecule has 0 saturated heterocycles.